The number of ether oxygens (including phenoxy) is 1. The summed E-state index contributed by atoms with van der Waals surface area (Å²) in [6.45, 7) is 1.89. The van der Waals surface area contributed by atoms with Crippen molar-refractivity contribution in [2.24, 2.45) is 0 Å². The summed E-state index contributed by atoms with van der Waals surface area (Å²) in [4.78, 5) is 28.5. The summed E-state index contributed by atoms with van der Waals surface area (Å²) in [6.07, 6.45) is 0. The molecule has 2 aromatic carbocycles. The molecule has 0 aliphatic carbocycles. The molecule has 28 heavy (non-hydrogen) atoms. The lowest BCUT2D eigenvalue weighted by atomic mass is 10.2. The van der Waals surface area contributed by atoms with Gasteiger partial charge in [0.05, 0.1) is 7.11 Å². The number of urea groups is 1. The predicted octanol–water partition coefficient (Wildman–Crippen LogP) is 5.01. The van der Waals surface area contributed by atoms with Crippen LogP contribution in [0.3, 0.4) is 0 Å². The molecule has 0 fully saturated rings. The highest BCUT2D eigenvalue weighted by Gasteiger charge is 2.13. The number of carbonyl (C=O) groups is 2. The molecular weight excluding hydrogens is 400 g/mol. The summed E-state index contributed by atoms with van der Waals surface area (Å²) in [7, 11) is 1.59. The molecule has 3 N–H and O–H groups in total. The van der Waals surface area contributed by atoms with E-state index in [1.165, 1.54) is 0 Å². The molecule has 9 heteroatoms. The Morgan fingerprint density at radius 3 is 2.43 bits per heavy atom. The van der Waals surface area contributed by atoms with Crippen molar-refractivity contribution in [3.05, 3.63) is 64.1 Å². The van der Waals surface area contributed by atoms with Crippen LogP contribution in [-0.4, -0.2) is 24.0 Å². The van der Waals surface area contributed by atoms with Gasteiger partial charge in [-0.25, -0.2) is 9.78 Å². The minimum absolute atomic E-state index is 0.209. The maximum Gasteiger partial charge on any atom is 0.325 e. The highest BCUT2D eigenvalue weighted by atomic mass is 35.5. The number of nitrogens with one attached hydrogen (secondary N) is 3. The van der Waals surface area contributed by atoms with Crippen LogP contribution in [0.5, 0.6) is 5.75 Å². The van der Waals surface area contributed by atoms with Gasteiger partial charge in [0.25, 0.3) is 5.91 Å². The van der Waals surface area contributed by atoms with Gasteiger partial charge in [0.2, 0.25) is 0 Å². The molecule has 0 spiro atoms. The third kappa shape index (κ3) is 4.99. The molecule has 144 valence electrons. The van der Waals surface area contributed by atoms with Crippen LogP contribution in [0.25, 0.3) is 0 Å². The second-order valence-corrected chi connectivity index (χ2v) is 7.06. The SMILES string of the molecule is COc1ccc(NC(=O)c2csc(NC(=O)Nc3ccc(Cl)cc3)n2)cc1C. The fourth-order valence-electron chi connectivity index (χ4n) is 2.38. The summed E-state index contributed by atoms with van der Waals surface area (Å²) in [5.74, 6) is 0.372. The second kappa shape index (κ2) is 8.73. The third-order valence-electron chi connectivity index (χ3n) is 3.71. The van der Waals surface area contributed by atoms with E-state index < -0.39 is 6.03 Å². The van der Waals surface area contributed by atoms with Gasteiger partial charge in [-0.15, -0.1) is 11.3 Å². The van der Waals surface area contributed by atoms with E-state index in [2.05, 4.69) is 20.9 Å². The summed E-state index contributed by atoms with van der Waals surface area (Å²) in [5, 5.41) is 10.5. The first-order chi connectivity index (χ1) is 13.4. The Morgan fingerprint density at radius 2 is 1.75 bits per heavy atom. The summed E-state index contributed by atoms with van der Waals surface area (Å²) >= 11 is 6.97. The van der Waals surface area contributed by atoms with Crippen LogP contribution in [0.15, 0.2) is 47.8 Å². The van der Waals surface area contributed by atoms with Crippen molar-refractivity contribution in [1.29, 1.82) is 0 Å². The minimum atomic E-state index is -0.464. The number of halogens is 1. The van der Waals surface area contributed by atoms with Crippen LogP contribution in [-0.2, 0) is 0 Å². The van der Waals surface area contributed by atoms with Crippen LogP contribution >= 0.6 is 22.9 Å². The van der Waals surface area contributed by atoms with Crippen LogP contribution in [0.1, 0.15) is 16.1 Å². The second-order valence-electron chi connectivity index (χ2n) is 5.76. The van der Waals surface area contributed by atoms with Crippen molar-refractivity contribution in [3.8, 4) is 5.75 Å². The van der Waals surface area contributed by atoms with Gasteiger partial charge in [-0.3, -0.25) is 10.1 Å². The molecule has 7 nitrogen and oxygen atoms in total. The van der Waals surface area contributed by atoms with Crippen LogP contribution in [0.2, 0.25) is 5.02 Å². The number of carbonyl (C=O) groups excluding carboxylic acids is 2. The largest absolute Gasteiger partial charge is 0.496 e. The van der Waals surface area contributed by atoms with E-state index in [4.69, 9.17) is 16.3 Å². The van der Waals surface area contributed by atoms with Gasteiger partial charge >= 0.3 is 6.03 Å². The molecule has 0 radical (unpaired) electrons. The van der Waals surface area contributed by atoms with Gasteiger partial charge < -0.3 is 15.4 Å². The number of rotatable bonds is 5. The Bertz CT molecular complexity index is 1000. The lowest BCUT2D eigenvalue weighted by Crippen LogP contribution is -2.19. The fourth-order valence-corrected chi connectivity index (χ4v) is 3.19. The van der Waals surface area contributed by atoms with E-state index in [9.17, 15) is 9.59 Å². The quantitative estimate of drug-likeness (QED) is 0.545. The first-order valence-corrected chi connectivity index (χ1v) is 9.45. The Balaban J connectivity index is 1.59. The Hall–Kier alpha value is -3.10. The molecule has 0 aliphatic heterocycles. The highest BCUT2D eigenvalue weighted by molar-refractivity contribution is 7.14. The Labute approximate surface area is 170 Å². The van der Waals surface area contributed by atoms with E-state index in [0.29, 0.717) is 21.5 Å². The molecule has 0 aliphatic rings. The maximum absolute atomic E-state index is 12.4. The molecule has 0 unspecified atom stereocenters. The Morgan fingerprint density at radius 1 is 1.04 bits per heavy atom. The first kappa shape index (κ1) is 19.7. The van der Waals surface area contributed by atoms with E-state index in [-0.39, 0.29) is 11.6 Å². The molecule has 3 rings (SSSR count). The third-order valence-corrected chi connectivity index (χ3v) is 4.72. The predicted molar refractivity (Wildman–Crippen MR) is 112 cm³/mol. The molecular formula is C19H17ClN4O3S. The van der Waals surface area contributed by atoms with Crippen LogP contribution in [0.4, 0.5) is 21.3 Å². The molecule has 3 aromatic rings. The van der Waals surface area contributed by atoms with Gasteiger partial charge in [0, 0.05) is 21.8 Å². The van der Waals surface area contributed by atoms with E-state index in [1.807, 2.05) is 13.0 Å². The average molecular weight is 417 g/mol. The average Bonchev–Trinajstić information content (AvgIpc) is 3.12. The number of benzene rings is 2. The molecule has 0 saturated carbocycles. The van der Waals surface area contributed by atoms with Gasteiger partial charge in [0.1, 0.15) is 11.4 Å². The topological polar surface area (TPSA) is 92.4 Å². The normalized spacial score (nSPS) is 10.2. The van der Waals surface area contributed by atoms with Crippen molar-refractivity contribution in [1.82, 2.24) is 4.98 Å². The monoisotopic (exact) mass is 416 g/mol. The number of methoxy groups -OCH3 is 1. The molecule has 1 aromatic heterocycles. The maximum atomic E-state index is 12.4. The van der Waals surface area contributed by atoms with Crippen molar-refractivity contribution in [2.45, 2.75) is 6.92 Å². The number of amides is 3. The zero-order valence-electron chi connectivity index (χ0n) is 15.1. The van der Waals surface area contributed by atoms with E-state index in [1.54, 1.807) is 48.9 Å². The lowest BCUT2D eigenvalue weighted by Gasteiger charge is -2.08. The zero-order chi connectivity index (χ0) is 20.1. The standard InChI is InChI=1S/C19H17ClN4O3S/c1-11-9-14(7-8-16(11)27-2)21-17(25)15-10-28-19(23-15)24-18(26)22-13-5-3-12(20)4-6-13/h3-10H,1-2H3,(H,21,25)(H2,22,23,24,26). The zero-order valence-corrected chi connectivity index (χ0v) is 16.6. The number of anilines is 3. The summed E-state index contributed by atoms with van der Waals surface area (Å²) in [6, 6.07) is 11.6. The minimum Gasteiger partial charge on any atom is -0.496 e. The molecule has 0 atom stereocenters. The number of aromatic nitrogens is 1. The summed E-state index contributed by atoms with van der Waals surface area (Å²) < 4.78 is 5.20. The van der Waals surface area contributed by atoms with Crippen LogP contribution < -0.4 is 20.7 Å². The number of thiazole rings is 1. The van der Waals surface area contributed by atoms with Gasteiger partial charge in [-0.2, -0.15) is 0 Å². The number of hydrogen-bond acceptors (Lipinski definition) is 5. The van der Waals surface area contributed by atoms with Crippen molar-refractivity contribution < 1.29 is 14.3 Å². The van der Waals surface area contributed by atoms with Crippen LogP contribution in [0, 0.1) is 6.92 Å². The molecule has 0 saturated heterocycles. The van der Waals surface area contributed by atoms with Gasteiger partial charge in [-0.05, 0) is 55.0 Å². The van der Waals surface area contributed by atoms with Gasteiger partial charge in [0.15, 0.2) is 5.13 Å². The fraction of sp³-hybridized carbons (Fsp3) is 0.105. The van der Waals surface area contributed by atoms with E-state index in [0.717, 1.165) is 22.6 Å². The molecule has 0 bridgehead atoms. The molecule has 1 heterocycles. The van der Waals surface area contributed by atoms with Gasteiger partial charge in [-0.1, -0.05) is 11.6 Å². The Kier molecular flexibility index (Phi) is 6.13. The number of aryl methyl sites for hydroxylation is 1. The number of nitrogens with zero attached hydrogens (tertiary/aromatic N) is 1. The van der Waals surface area contributed by atoms with Crippen molar-refractivity contribution in [3.63, 3.8) is 0 Å². The van der Waals surface area contributed by atoms with Crippen molar-refractivity contribution in [2.75, 3.05) is 23.1 Å². The lowest BCUT2D eigenvalue weighted by molar-refractivity contribution is 0.102. The summed E-state index contributed by atoms with van der Waals surface area (Å²) in [5.41, 5.74) is 2.33. The first-order valence-electron chi connectivity index (χ1n) is 8.19. The van der Waals surface area contributed by atoms with Crippen molar-refractivity contribution >= 4 is 51.4 Å². The highest BCUT2D eigenvalue weighted by Crippen LogP contribution is 2.23. The van der Waals surface area contributed by atoms with E-state index >= 15 is 0 Å². The molecule has 3 amide bonds. The number of hydrogen-bond donors (Lipinski definition) is 3. The smallest absolute Gasteiger partial charge is 0.325 e.